The van der Waals surface area contributed by atoms with Crippen molar-refractivity contribution < 1.29 is 27.4 Å². The smallest absolute Gasteiger partial charge is 0.435 e. The minimum absolute atomic E-state index is 0.193. The van der Waals surface area contributed by atoms with Crippen LogP contribution in [0.4, 0.5) is 13.2 Å². The molecule has 11 heteroatoms. The molecule has 1 saturated heterocycles. The summed E-state index contributed by atoms with van der Waals surface area (Å²) in [5.74, 6) is -0.207. The van der Waals surface area contributed by atoms with Crippen molar-refractivity contribution in [1.29, 1.82) is 0 Å². The Kier molecular flexibility index (Phi) is 4.18. The van der Waals surface area contributed by atoms with Crippen LogP contribution in [0, 0.1) is 0 Å². The fourth-order valence-electron chi connectivity index (χ4n) is 2.32. The first-order valence-electron chi connectivity index (χ1n) is 7.00. The summed E-state index contributed by atoms with van der Waals surface area (Å²) in [6.07, 6.45) is -2.08. The van der Waals surface area contributed by atoms with Crippen LogP contribution >= 0.6 is 0 Å². The SMILES string of the molecule is Cn1nc(C(F)(F)F)cc1C(=O)N[C@H]1COC[C@H]1Oc1cn[nH]c1. The Morgan fingerprint density at radius 3 is 2.92 bits per heavy atom. The summed E-state index contributed by atoms with van der Waals surface area (Å²) >= 11 is 0. The van der Waals surface area contributed by atoms with E-state index in [2.05, 4.69) is 20.6 Å². The van der Waals surface area contributed by atoms with E-state index in [4.69, 9.17) is 9.47 Å². The van der Waals surface area contributed by atoms with Gasteiger partial charge in [0.2, 0.25) is 0 Å². The molecule has 24 heavy (non-hydrogen) atoms. The van der Waals surface area contributed by atoms with Crippen molar-refractivity contribution in [1.82, 2.24) is 25.3 Å². The van der Waals surface area contributed by atoms with Gasteiger partial charge in [-0.1, -0.05) is 0 Å². The van der Waals surface area contributed by atoms with Crippen LogP contribution in [0.2, 0.25) is 0 Å². The standard InChI is InChI=1S/C13H14F3N5O3/c1-21-9(2-11(20-21)13(14,15)16)12(22)19-8-5-23-6-10(8)24-7-3-17-18-4-7/h2-4,8,10H,5-6H2,1H3,(H,17,18)(H,19,22)/t8-,10+/m0/s1. The lowest BCUT2D eigenvalue weighted by molar-refractivity contribution is -0.141. The highest BCUT2D eigenvalue weighted by molar-refractivity contribution is 5.93. The van der Waals surface area contributed by atoms with E-state index in [9.17, 15) is 18.0 Å². The van der Waals surface area contributed by atoms with Gasteiger partial charge in [-0.25, -0.2) is 0 Å². The number of aromatic nitrogens is 4. The van der Waals surface area contributed by atoms with Gasteiger partial charge in [0, 0.05) is 13.1 Å². The van der Waals surface area contributed by atoms with Gasteiger partial charge in [-0.2, -0.15) is 23.4 Å². The minimum Gasteiger partial charge on any atom is -0.482 e. The zero-order valence-corrected chi connectivity index (χ0v) is 12.5. The third-order valence-electron chi connectivity index (χ3n) is 3.51. The average Bonchev–Trinajstić information content (AvgIpc) is 3.21. The average molecular weight is 345 g/mol. The third-order valence-corrected chi connectivity index (χ3v) is 3.51. The summed E-state index contributed by atoms with van der Waals surface area (Å²) in [6.45, 7) is 0.438. The Morgan fingerprint density at radius 2 is 2.29 bits per heavy atom. The topological polar surface area (TPSA) is 94.1 Å². The summed E-state index contributed by atoms with van der Waals surface area (Å²) in [5.41, 5.74) is -1.32. The zero-order chi connectivity index (χ0) is 17.3. The molecule has 0 saturated carbocycles. The first kappa shape index (κ1) is 16.3. The summed E-state index contributed by atoms with van der Waals surface area (Å²) in [5, 5.41) is 12.3. The van der Waals surface area contributed by atoms with Crippen LogP contribution in [-0.2, 0) is 18.0 Å². The Morgan fingerprint density at radius 1 is 1.50 bits per heavy atom. The van der Waals surface area contributed by atoms with Crippen molar-refractivity contribution in [3.05, 3.63) is 29.8 Å². The molecule has 0 bridgehead atoms. The lowest BCUT2D eigenvalue weighted by Gasteiger charge is -2.19. The van der Waals surface area contributed by atoms with Crippen LogP contribution in [0.1, 0.15) is 16.2 Å². The van der Waals surface area contributed by atoms with Crippen molar-refractivity contribution in [3.8, 4) is 5.75 Å². The number of rotatable bonds is 4. The van der Waals surface area contributed by atoms with E-state index in [0.29, 0.717) is 11.8 Å². The van der Waals surface area contributed by atoms with Gasteiger partial charge in [0.15, 0.2) is 11.4 Å². The van der Waals surface area contributed by atoms with Crippen molar-refractivity contribution in [3.63, 3.8) is 0 Å². The second-order valence-corrected chi connectivity index (χ2v) is 5.24. The molecule has 8 nitrogen and oxygen atoms in total. The Bertz CT molecular complexity index is 713. The molecular weight excluding hydrogens is 331 g/mol. The molecular formula is C13H14F3N5O3. The maximum Gasteiger partial charge on any atom is 0.435 e. The monoisotopic (exact) mass is 345 g/mol. The number of aromatic amines is 1. The van der Waals surface area contributed by atoms with Crippen LogP contribution in [0.25, 0.3) is 0 Å². The van der Waals surface area contributed by atoms with Gasteiger partial charge in [0.05, 0.1) is 31.6 Å². The van der Waals surface area contributed by atoms with E-state index in [1.54, 1.807) is 0 Å². The fraction of sp³-hybridized carbons (Fsp3) is 0.462. The first-order chi connectivity index (χ1) is 11.3. The number of carbonyl (C=O) groups excluding carboxylic acids is 1. The van der Waals surface area contributed by atoms with Gasteiger partial charge in [0.25, 0.3) is 5.91 Å². The van der Waals surface area contributed by atoms with Gasteiger partial charge < -0.3 is 14.8 Å². The highest BCUT2D eigenvalue weighted by atomic mass is 19.4. The normalized spacial score (nSPS) is 21.0. The van der Waals surface area contributed by atoms with E-state index in [1.165, 1.54) is 19.4 Å². The summed E-state index contributed by atoms with van der Waals surface area (Å²) in [4.78, 5) is 12.2. The zero-order valence-electron chi connectivity index (χ0n) is 12.5. The van der Waals surface area contributed by atoms with Crippen LogP contribution in [0.15, 0.2) is 18.5 Å². The Balaban J connectivity index is 1.69. The largest absolute Gasteiger partial charge is 0.482 e. The summed E-state index contributed by atoms with van der Waals surface area (Å²) in [6, 6.07) is 0.202. The fourth-order valence-corrected chi connectivity index (χ4v) is 2.32. The third kappa shape index (κ3) is 3.35. The van der Waals surface area contributed by atoms with Crippen molar-refractivity contribution in [2.75, 3.05) is 13.2 Å². The number of hydrogen-bond donors (Lipinski definition) is 2. The first-order valence-corrected chi connectivity index (χ1v) is 7.00. The molecule has 0 radical (unpaired) electrons. The lowest BCUT2D eigenvalue weighted by atomic mass is 10.2. The molecule has 0 aromatic carbocycles. The molecule has 1 amide bonds. The molecule has 0 spiro atoms. The number of nitrogens with zero attached hydrogens (tertiary/aromatic N) is 3. The van der Waals surface area contributed by atoms with E-state index >= 15 is 0 Å². The number of nitrogens with one attached hydrogen (secondary N) is 2. The lowest BCUT2D eigenvalue weighted by Crippen LogP contribution is -2.45. The van der Waals surface area contributed by atoms with E-state index < -0.39 is 29.9 Å². The number of ether oxygens (including phenoxy) is 2. The maximum atomic E-state index is 12.7. The highest BCUT2D eigenvalue weighted by Gasteiger charge is 2.37. The van der Waals surface area contributed by atoms with E-state index in [-0.39, 0.29) is 18.9 Å². The molecule has 2 N–H and O–H groups in total. The molecule has 130 valence electrons. The molecule has 1 aliphatic heterocycles. The number of amides is 1. The second kappa shape index (κ2) is 6.15. The van der Waals surface area contributed by atoms with Gasteiger partial charge >= 0.3 is 6.18 Å². The van der Waals surface area contributed by atoms with Crippen LogP contribution in [-0.4, -0.2) is 51.2 Å². The molecule has 2 aromatic heterocycles. The molecule has 3 heterocycles. The quantitative estimate of drug-likeness (QED) is 0.852. The number of hydrogen-bond acceptors (Lipinski definition) is 5. The number of carbonyl (C=O) groups is 1. The van der Waals surface area contributed by atoms with Crippen LogP contribution in [0.5, 0.6) is 5.75 Å². The molecule has 2 aromatic rings. The molecule has 0 unspecified atom stereocenters. The van der Waals surface area contributed by atoms with E-state index in [0.717, 1.165) is 4.68 Å². The Labute approximate surface area is 133 Å². The molecule has 1 aliphatic rings. The van der Waals surface area contributed by atoms with Gasteiger partial charge in [0.1, 0.15) is 11.8 Å². The molecule has 1 fully saturated rings. The summed E-state index contributed by atoms with van der Waals surface area (Å²) < 4.78 is 49.8. The van der Waals surface area contributed by atoms with Crippen LogP contribution < -0.4 is 10.1 Å². The molecule has 2 atom stereocenters. The van der Waals surface area contributed by atoms with Crippen molar-refractivity contribution >= 4 is 5.91 Å². The van der Waals surface area contributed by atoms with Crippen LogP contribution in [0.3, 0.4) is 0 Å². The number of H-pyrrole nitrogens is 1. The maximum absolute atomic E-state index is 12.7. The second-order valence-electron chi connectivity index (χ2n) is 5.24. The summed E-state index contributed by atoms with van der Waals surface area (Å²) in [7, 11) is 1.27. The van der Waals surface area contributed by atoms with Gasteiger partial charge in [-0.05, 0) is 0 Å². The minimum atomic E-state index is -4.61. The number of aryl methyl sites for hydroxylation is 1. The number of halogens is 3. The van der Waals surface area contributed by atoms with Gasteiger partial charge in [-0.3, -0.25) is 14.6 Å². The Hall–Kier alpha value is -2.56. The van der Waals surface area contributed by atoms with Crippen molar-refractivity contribution in [2.45, 2.75) is 18.3 Å². The molecule has 3 rings (SSSR count). The van der Waals surface area contributed by atoms with Gasteiger partial charge in [-0.15, -0.1) is 0 Å². The number of alkyl halides is 3. The van der Waals surface area contributed by atoms with E-state index in [1.807, 2.05) is 0 Å². The predicted molar refractivity (Wildman–Crippen MR) is 73.3 cm³/mol. The molecule has 0 aliphatic carbocycles. The highest BCUT2D eigenvalue weighted by Crippen LogP contribution is 2.28. The predicted octanol–water partition coefficient (Wildman–Crippen LogP) is 0.738. The van der Waals surface area contributed by atoms with Crippen molar-refractivity contribution in [2.24, 2.45) is 7.05 Å².